The first-order chi connectivity index (χ1) is 6.72. The molecule has 0 bridgehead atoms. The zero-order chi connectivity index (χ0) is 10.1. The molecule has 0 radical (unpaired) electrons. The van der Waals surface area contributed by atoms with E-state index >= 15 is 0 Å². The summed E-state index contributed by atoms with van der Waals surface area (Å²) in [5, 5.41) is 1.13. The number of fused-ring (bicyclic) bond motifs is 1. The fourth-order valence-electron chi connectivity index (χ4n) is 1.30. The molecule has 0 spiro atoms. The summed E-state index contributed by atoms with van der Waals surface area (Å²) in [5.74, 6) is 0. The van der Waals surface area contributed by atoms with Crippen LogP contribution in [0.1, 0.15) is 5.69 Å². The Bertz CT molecular complexity index is 485. The number of pyridine rings is 1. The molecule has 0 aliphatic carbocycles. The lowest BCUT2D eigenvalue weighted by Gasteiger charge is -2.04. The number of rotatable bonds is 1. The van der Waals surface area contributed by atoms with Crippen molar-refractivity contribution in [2.45, 2.75) is 6.54 Å². The van der Waals surface area contributed by atoms with E-state index < -0.39 is 0 Å². The predicted octanol–water partition coefficient (Wildman–Crippen LogP) is 3.06. The number of nitrogens with two attached hydrogens (primary N) is 1. The van der Waals surface area contributed by atoms with Gasteiger partial charge in [0.05, 0.1) is 11.2 Å². The fraction of sp³-hybridized carbons (Fsp3) is 0.100. The van der Waals surface area contributed by atoms with Gasteiger partial charge < -0.3 is 5.73 Å². The van der Waals surface area contributed by atoms with E-state index in [0.717, 1.165) is 24.6 Å². The average molecular weight is 363 g/mol. The Morgan fingerprint density at radius 3 is 2.79 bits per heavy atom. The van der Waals surface area contributed by atoms with Crippen LogP contribution in [0.3, 0.4) is 0 Å². The van der Waals surface area contributed by atoms with Crippen LogP contribution < -0.4 is 5.73 Å². The normalized spacial score (nSPS) is 10.8. The summed E-state index contributed by atoms with van der Waals surface area (Å²) in [6, 6.07) is 8.09. The molecule has 2 N–H and O–H groups in total. The Kier molecular flexibility index (Phi) is 3.04. The van der Waals surface area contributed by atoms with Crippen LogP contribution in [0.5, 0.6) is 0 Å². The summed E-state index contributed by atoms with van der Waals surface area (Å²) in [7, 11) is 0. The molecule has 72 valence electrons. The number of nitrogens with zero attached hydrogens (tertiary/aromatic N) is 1. The maximum atomic E-state index is 5.55. The summed E-state index contributed by atoms with van der Waals surface area (Å²) in [4.78, 5) is 4.49. The van der Waals surface area contributed by atoms with Crippen LogP contribution in [0.2, 0.25) is 0 Å². The smallest absolute Gasteiger partial charge is 0.0850 e. The molecule has 14 heavy (non-hydrogen) atoms. The van der Waals surface area contributed by atoms with Gasteiger partial charge in [0.1, 0.15) is 0 Å². The van der Waals surface area contributed by atoms with Crippen molar-refractivity contribution in [2.75, 3.05) is 0 Å². The maximum Gasteiger partial charge on any atom is 0.0850 e. The number of aromatic nitrogens is 1. The molecular formula is C10H8BrIN2. The molecule has 1 aromatic heterocycles. The molecule has 0 saturated carbocycles. The molecule has 0 aliphatic heterocycles. The van der Waals surface area contributed by atoms with Gasteiger partial charge in [-0.2, -0.15) is 0 Å². The molecule has 0 unspecified atom stereocenters. The van der Waals surface area contributed by atoms with E-state index in [9.17, 15) is 0 Å². The first-order valence-electron chi connectivity index (χ1n) is 4.16. The van der Waals surface area contributed by atoms with E-state index in [0.29, 0.717) is 6.54 Å². The summed E-state index contributed by atoms with van der Waals surface area (Å²) in [5.41, 5.74) is 7.49. The zero-order valence-corrected chi connectivity index (χ0v) is 11.0. The molecule has 0 amide bonds. The third kappa shape index (κ3) is 1.78. The van der Waals surface area contributed by atoms with Crippen molar-refractivity contribution < 1.29 is 0 Å². The largest absolute Gasteiger partial charge is 0.325 e. The summed E-state index contributed by atoms with van der Waals surface area (Å²) in [6.07, 6.45) is 0. The van der Waals surface area contributed by atoms with Crippen molar-refractivity contribution in [3.63, 3.8) is 0 Å². The maximum absolute atomic E-state index is 5.55. The number of benzene rings is 1. The molecule has 1 aromatic carbocycles. The van der Waals surface area contributed by atoms with Crippen molar-refractivity contribution in [1.29, 1.82) is 0 Å². The van der Waals surface area contributed by atoms with Gasteiger partial charge in [-0.3, -0.25) is 4.98 Å². The average Bonchev–Trinajstić information content (AvgIpc) is 2.23. The second-order valence-corrected chi connectivity index (χ2v) is 4.95. The van der Waals surface area contributed by atoms with Crippen molar-refractivity contribution in [1.82, 2.24) is 4.98 Å². The minimum atomic E-state index is 0.485. The van der Waals surface area contributed by atoms with Crippen LogP contribution in [0, 0.1) is 3.57 Å². The highest BCUT2D eigenvalue weighted by molar-refractivity contribution is 14.1. The van der Waals surface area contributed by atoms with Gasteiger partial charge in [-0.15, -0.1) is 0 Å². The molecule has 2 rings (SSSR count). The van der Waals surface area contributed by atoms with Crippen molar-refractivity contribution in [3.8, 4) is 0 Å². The lowest BCUT2D eigenvalue weighted by molar-refractivity contribution is 1.01. The standard InChI is InChI=1S/C10H8BrIN2/c11-8-3-4-9(12)10-7(8)2-1-6(5-13)14-10/h1-4H,5,13H2. The van der Waals surface area contributed by atoms with Gasteiger partial charge in [-0.05, 0) is 46.9 Å². The SMILES string of the molecule is NCc1ccc2c(Br)ccc(I)c2n1. The van der Waals surface area contributed by atoms with Crippen molar-refractivity contribution in [2.24, 2.45) is 5.73 Å². The second-order valence-electron chi connectivity index (χ2n) is 2.93. The Balaban J connectivity index is 2.80. The van der Waals surface area contributed by atoms with Gasteiger partial charge in [0.15, 0.2) is 0 Å². The minimum Gasteiger partial charge on any atom is -0.325 e. The Morgan fingerprint density at radius 2 is 2.07 bits per heavy atom. The van der Waals surface area contributed by atoms with E-state index in [1.165, 1.54) is 0 Å². The molecule has 0 saturated heterocycles. The second kappa shape index (κ2) is 4.12. The monoisotopic (exact) mass is 362 g/mol. The van der Waals surface area contributed by atoms with Crippen LogP contribution >= 0.6 is 38.5 Å². The van der Waals surface area contributed by atoms with E-state index in [-0.39, 0.29) is 0 Å². The number of halogens is 2. The topological polar surface area (TPSA) is 38.9 Å². The first-order valence-corrected chi connectivity index (χ1v) is 6.03. The molecule has 2 aromatic rings. The lowest BCUT2D eigenvalue weighted by Crippen LogP contribution is -1.99. The molecule has 4 heteroatoms. The highest BCUT2D eigenvalue weighted by atomic mass is 127. The summed E-state index contributed by atoms with van der Waals surface area (Å²) >= 11 is 5.79. The van der Waals surface area contributed by atoms with Crippen molar-refractivity contribution in [3.05, 3.63) is 38.0 Å². The van der Waals surface area contributed by atoms with Crippen LogP contribution in [0.25, 0.3) is 10.9 Å². The molecule has 0 fully saturated rings. The predicted molar refractivity (Wildman–Crippen MR) is 70.1 cm³/mol. The molecule has 1 heterocycles. The van der Waals surface area contributed by atoms with Crippen LogP contribution in [0.4, 0.5) is 0 Å². The Labute approximate surface area is 104 Å². The lowest BCUT2D eigenvalue weighted by atomic mass is 10.2. The molecular weight excluding hydrogens is 355 g/mol. The van der Waals surface area contributed by atoms with E-state index in [4.69, 9.17) is 5.73 Å². The fourth-order valence-corrected chi connectivity index (χ4v) is 2.35. The highest BCUT2D eigenvalue weighted by Crippen LogP contribution is 2.26. The van der Waals surface area contributed by atoms with Gasteiger partial charge in [0.2, 0.25) is 0 Å². The highest BCUT2D eigenvalue weighted by Gasteiger charge is 2.04. The zero-order valence-electron chi connectivity index (χ0n) is 7.30. The van der Waals surface area contributed by atoms with Gasteiger partial charge >= 0.3 is 0 Å². The van der Waals surface area contributed by atoms with Gasteiger partial charge in [-0.1, -0.05) is 15.9 Å². The molecule has 2 nitrogen and oxygen atoms in total. The van der Waals surface area contributed by atoms with Gasteiger partial charge in [-0.25, -0.2) is 0 Å². The van der Waals surface area contributed by atoms with E-state index in [1.54, 1.807) is 0 Å². The summed E-state index contributed by atoms with van der Waals surface area (Å²) < 4.78 is 2.22. The van der Waals surface area contributed by atoms with Crippen LogP contribution in [0.15, 0.2) is 28.7 Å². The van der Waals surface area contributed by atoms with E-state index in [1.807, 2.05) is 18.2 Å². The van der Waals surface area contributed by atoms with Crippen LogP contribution in [-0.2, 0) is 6.54 Å². The third-order valence-corrected chi connectivity index (χ3v) is 3.58. The number of hydrogen-bond donors (Lipinski definition) is 1. The quantitative estimate of drug-likeness (QED) is 0.792. The minimum absolute atomic E-state index is 0.485. The van der Waals surface area contributed by atoms with E-state index in [2.05, 4.69) is 49.6 Å². The first kappa shape index (κ1) is 10.3. The van der Waals surface area contributed by atoms with Crippen molar-refractivity contribution >= 4 is 49.4 Å². The number of hydrogen-bond acceptors (Lipinski definition) is 2. The third-order valence-electron chi connectivity index (χ3n) is 2.02. The summed E-state index contributed by atoms with van der Waals surface area (Å²) in [6.45, 7) is 0.485. The van der Waals surface area contributed by atoms with Gasteiger partial charge in [0.25, 0.3) is 0 Å². The van der Waals surface area contributed by atoms with Gasteiger partial charge in [0, 0.05) is 20.0 Å². The Morgan fingerprint density at radius 1 is 1.29 bits per heavy atom. The molecule has 0 atom stereocenters. The Hall–Kier alpha value is -0.200. The van der Waals surface area contributed by atoms with Crippen LogP contribution in [-0.4, -0.2) is 4.98 Å². The molecule has 0 aliphatic rings.